The highest BCUT2D eigenvalue weighted by molar-refractivity contribution is 5.94. The first-order valence-corrected chi connectivity index (χ1v) is 7.10. The fraction of sp³-hybridized carbons (Fsp3) is 0.188. The van der Waals surface area contributed by atoms with Gasteiger partial charge in [0.15, 0.2) is 11.6 Å². The average Bonchev–Trinajstić information content (AvgIpc) is 2.55. The van der Waals surface area contributed by atoms with Crippen molar-refractivity contribution in [3.8, 4) is 0 Å². The molecule has 0 saturated carbocycles. The van der Waals surface area contributed by atoms with Gasteiger partial charge in [-0.1, -0.05) is 18.2 Å². The molecule has 1 atom stereocenters. The van der Waals surface area contributed by atoms with E-state index in [4.69, 9.17) is 0 Å². The molecule has 0 saturated heterocycles. The van der Waals surface area contributed by atoms with E-state index < -0.39 is 28.5 Å². The molecule has 2 N–H and O–H groups in total. The highest BCUT2D eigenvalue weighted by Crippen LogP contribution is 2.23. The third kappa shape index (κ3) is 4.32. The van der Waals surface area contributed by atoms with E-state index >= 15 is 0 Å². The van der Waals surface area contributed by atoms with Crippen LogP contribution in [0.1, 0.15) is 18.5 Å². The summed E-state index contributed by atoms with van der Waals surface area (Å²) in [4.78, 5) is 22.2. The molecular formula is C16H15F2N3O3. The lowest BCUT2D eigenvalue weighted by Gasteiger charge is -2.14. The second kappa shape index (κ2) is 7.60. The predicted molar refractivity (Wildman–Crippen MR) is 84.5 cm³/mol. The molecule has 8 heteroatoms. The molecule has 0 spiro atoms. The number of nitro groups is 1. The van der Waals surface area contributed by atoms with E-state index in [9.17, 15) is 23.7 Å². The molecule has 0 aliphatic heterocycles. The summed E-state index contributed by atoms with van der Waals surface area (Å²) in [5.41, 5.74) is 0.363. The van der Waals surface area contributed by atoms with Crippen LogP contribution in [0.3, 0.4) is 0 Å². The van der Waals surface area contributed by atoms with E-state index in [1.807, 2.05) is 0 Å². The van der Waals surface area contributed by atoms with Crippen molar-refractivity contribution < 1.29 is 18.5 Å². The third-order valence-corrected chi connectivity index (χ3v) is 3.39. The Hall–Kier alpha value is -2.87. The van der Waals surface area contributed by atoms with Crippen LogP contribution < -0.4 is 10.6 Å². The SMILES string of the molecule is C[C@@H](NCC(=O)Nc1ccccc1[N+](=O)[O-])c1ccc(F)c(F)c1. The quantitative estimate of drug-likeness (QED) is 0.627. The standard InChI is InChI=1S/C16H15F2N3O3/c1-10(11-6-7-12(17)13(18)8-11)19-9-16(22)20-14-4-2-3-5-15(14)21(23)24/h2-8,10,19H,9H2,1H3,(H,20,22)/t10-/m1/s1. The summed E-state index contributed by atoms with van der Waals surface area (Å²) >= 11 is 0. The lowest BCUT2D eigenvalue weighted by Crippen LogP contribution is -2.30. The van der Waals surface area contributed by atoms with E-state index in [-0.39, 0.29) is 17.9 Å². The molecule has 0 radical (unpaired) electrons. The first kappa shape index (κ1) is 17.5. The largest absolute Gasteiger partial charge is 0.319 e. The minimum absolute atomic E-state index is 0.0924. The summed E-state index contributed by atoms with van der Waals surface area (Å²) in [5.74, 6) is -2.40. The molecule has 0 aliphatic carbocycles. The molecule has 0 aromatic heterocycles. The van der Waals surface area contributed by atoms with Gasteiger partial charge in [0.25, 0.3) is 5.69 Å². The average molecular weight is 335 g/mol. The molecule has 126 valence electrons. The number of para-hydroxylation sites is 2. The number of anilines is 1. The zero-order valence-electron chi connectivity index (χ0n) is 12.8. The Bertz CT molecular complexity index is 768. The summed E-state index contributed by atoms with van der Waals surface area (Å²) in [6.07, 6.45) is 0. The molecule has 2 rings (SSSR count). The molecule has 0 aliphatic rings. The van der Waals surface area contributed by atoms with Gasteiger partial charge in [-0.15, -0.1) is 0 Å². The highest BCUT2D eigenvalue weighted by Gasteiger charge is 2.15. The number of benzene rings is 2. The van der Waals surface area contributed by atoms with Gasteiger partial charge in [0.1, 0.15) is 5.69 Å². The number of nitro benzene ring substituents is 1. The van der Waals surface area contributed by atoms with Crippen molar-refractivity contribution in [2.24, 2.45) is 0 Å². The van der Waals surface area contributed by atoms with E-state index in [1.165, 1.54) is 24.3 Å². The Kier molecular flexibility index (Phi) is 5.54. The molecule has 0 unspecified atom stereocenters. The maximum Gasteiger partial charge on any atom is 0.292 e. The zero-order chi connectivity index (χ0) is 17.7. The highest BCUT2D eigenvalue weighted by atomic mass is 19.2. The van der Waals surface area contributed by atoms with Gasteiger partial charge in [-0.2, -0.15) is 0 Å². The smallest absolute Gasteiger partial charge is 0.292 e. The van der Waals surface area contributed by atoms with Crippen molar-refractivity contribution in [3.63, 3.8) is 0 Å². The minimum Gasteiger partial charge on any atom is -0.319 e. The number of carbonyl (C=O) groups excluding carboxylic acids is 1. The van der Waals surface area contributed by atoms with Gasteiger partial charge in [0.05, 0.1) is 11.5 Å². The number of carbonyl (C=O) groups is 1. The van der Waals surface area contributed by atoms with Crippen molar-refractivity contribution in [1.82, 2.24) is 5.32 Å². The molecule has 6 nitrogen and oxygen atoms in total. The van der Waals surface area contributed by atoms with Crippen LogP contribution in [-0.4, -0.2) is 17.4 Å². The minimum atomic E-state index is -0.967. The van der Waals surface area contributed by atoms with Crippen LogP contribution in [0.5, 0.6) is 0 Å². The Labute approximate surface area is 136 Å². The number of amides is 1. The Morgan fingerprint density at radius 3 is 2.58 bits per heavy atom. The van der Waals surface area contributed by atoms with Crippen molar-refractivity contribution in [2.75, 3.05) is 11.9 Å². The van der Waals surface area contributed by atoms with Gasteiger partial charge in [-0.3, -0.25) is 14.9 Å². The molecule has 0 bridgehead atoms. The third-order valence-electron chi connectivity index (χ3n) is 3.39. The fourth-order valence-electron chi connectivity index (χ4n) is 2.08. The Morgan fingerprint density at radius 1 is 1.21 bits per heavy atom. The number of hydrogen-bond donors (Lipinski definition) is 2. The van der Waals surface area contributed by atoms with E-state index in [2.05, 4.69) is 10.6 Å². The van der Waals surface area contributed by atoms with E-state index in [1.54, 1.807) is 13.0 Å². The maximum absolute atomic E-state index is 13.2. The van der Waals surface area contributed by atoms with Crippen LogP contribution >= 0.6 is 0 Å². The van der Waals surface area contributed by atoms with Gasteiger partial charge in [-0.25, -0.2) is 8.78 Å². The molecule has 1 amide bonds. The molecule has 0 fully saturated rings. The number of rotatable bonds is 6. The van der Waals surface area contributed by atoms with Crippen LogP contribution in [0.4, 0.5) is 20.2 Å². The lowest BCUT2D eigenvalue weighted by atomic mass is 10.1. The summed E-state index contributed by atoms with van der Waals surface area (Å²) in [5, 5.41) is 16.2. The normalized spacial score (nSPS) is 11.8. The monoisotopic (exact) mass is 335 g/mol. The van der Waals surface area contributed by atoms with Crippen molar-refractivity contribution in [1.29, 1.82) is 0 Å². The van der Waals surface area contributed by atoms with Crippen molar-refractivity contribution in [3.05, 3.63) is 69.8 Å². The molecule has 0 heterocycles. The van der Waals surface area contributed by atoms with E-state index in [0.29, 0.717) is 5.56 Å². The summed E-state index contributed by atoms with van der Waals surface area (Å²) in [6, 6.07) is 8.84. The number of halogens is 2. The van der Waals surface area contributed by atoms with Gasteiger partial charge < -0.3 is 10.6 Å². The number of hydrogen-bond acceptors (Lipinski definition) is 4. The summed E-state index contributed by atoms with van der Waals surface area (Å²) < 4.78 is 26.1. The van der Waals surface area contributed by atoms with Gasteiger partial charge >= 0.3 is 0 Å². The molecular weight excluding hydrogens is 320 g/mol. The van der Waals surface area contributed by atoms with Crippen LogP contribution in [-0.2, 0) is 4.79 Å². The van der Waals surface area contributed by atoms with Crippen LogP contribution in [0.15, 0.2) is 42.5 Å². The molecule has 2 aromatic rings. The maximum atomic E-state index is 13.2. The van der Waals surface area contributed by atoms with Crippen molar-refractivity contribution in [2.45, 2.75) is 13.0 Å². The number of nitrogens with one attached hydrogen (secondary N) is 2. The Morgan fingerprint density at radius 2 is 1.92 bits per heavy atom. The van der Waals surface area contributed by atoms with Crippen molar-refractivity contribution >= 4 is 17.3 Å². The second-order valence-corrected chi connectivity index (χ2v) is 5.10. The van der Waals surface area contributed by atoms with Gasteiger partial charge in [-0.05, 0) is 30.7 Å². The van der Waals surface area contributed by atoms with E-state index in [0.717, 1.165) is 12.1 Å². The summed E-state index contributed by atoms with van der Waals surface area (Å²) in [7, 11) is 0. The zero-order valence-corrected chi connectivity index (χ0v) is 12.8. The predicted octanol–water partition coefficient (Wildman–Crippen LogP) is 3.16. The fourth-order valence-corrected chi connectivity index (χ4v) is 2.08. The number of nitrogens with zero attached hydrogens (tertiary/aromatic N) is 1. The Balaban J connectivity index is 1.96. The van der Waals surface area contributed by atoms with Crippen LogP contribution in [0.25, 0.3) is 0 Å². The van der Waals surface area contributed by atoms with Gasteiger partial charge in [0.2, 0.25) is 5.91 Å². The lowest BCUT2D eigenvalue weighted by molar-refractivity contribution is -0.383. The first-order chi connectivity index (χ1) is 11.4. The van der Waals surface area contributed by atoms with Crippen LogP contribution in [0, 0.1) is 21.7 Å². The topological polar surface area (TPSA) is 84.3 Å². The van der Waals surface area contributed by atoms with Gasteiger partial charge in [0, 0.05) is 12.1 Å². The molecule has 2 aromatic carbocycles. The summed E-state index contributed by atoms with van der Waals surface area (Å²) in [6.45, 7) is 1.54. The second-order valence-electron chi connectivity index (χ2n) is 5.10. The molecule has 24 heavy (non-hydrogen) atoms. The first-order valence-electron chi connectivity index (χ1n) is 7.10. The van der Waals surface area contributed by atoms with Crippen LogP contribution in [0.2, 0.25) is 0 Å².